The van der Waals surface area contributed by atoms with Crippen LogP contribution in [0.25, 0.3) is 11.0 Å². The highest BCUT2D eigenvalue weighted by Gasteiger charge is 2.15. The van der Waals surface area contributed by atoms with Crippen LogP contribution in [-0.2, 0) is 19.7 Å². The number of sulfone groups is 2. The summed E-state index contributed by atoms with van der Waals surface area (Å²) in [6, 6.07) is 4.01. The molecule has 0 saturated carbocycles. The number of rotatable bonds is 5. The van der Waals surface area contributed by atoms with Gasteiger partial charge in [0.2, 0.25) is 0 Å². The summed E-state index contributed by atoms with van der Waals surface area (Å²) in [5.74, 6) is 0.416. The molecule has 116 valence electrons. The lowest BCUT2D eigenvalue weighted by Crippen LogP contribution is -2.16. The summed E-state index contributed by atoms with van der Waals surface area (Å²) >= 11 is 0. The summed E-state index contributed by atoms with van der Waals surface area (Å²) in [6.45, 7) is 0. The maximum Gasteiger partial charge on any atom is 0.175 e. The van der Waals surface area contributed by atoms with Crippen LogP contribution in [-0.4, -0.2) is 45.1 Å². The van der Waals surface area contributed by atoms with Gasteiger partial charge in [-0.05, 0) is 24.6 Å². The fourth-order valence-corrected chi connectivity index (χ4v) is 3.22. The average Bonchev–Trinajstić information content (AvgIpc) is 2.76. The van der Waals surface area contributed by atoms with Crippen molar-refractivity contribution in [2.24, 2.45) is 5.73 Å². The van der Waals surface area contributed by atoms with E-state index in [0.29, 0.717) is 16.9 Å². The van der Waals surface area contributed by atoms with Gasteiger partial charge >= 0.3 is 0 Å². The quantitative estimate of drug-likeness (QED) is 0.817. The minimum atomic E-state index is -3.29. The van der Waals surface area contributed by atoms with Gasteiger partial charge in [-0.1, -0.05) is 0 Å². The van der Waals surface area contributed by atoms with Crippen LogP contribution >= 0.6 is 0 Å². The van der Waals surface area contributed by atoms with Crippen molar-refractivity contribution < 1.29 is 16.8 Å². The normalized spacial score (nSPS) is 14.4. The molecule has 0 spiro atoms. The number of hydrogen-bond acceptors (Lipinski definition) is 6. The molecule has 0 fully saturated rings. The van der Waals surface area contributed by atoms with Gasteiger partial charge in [0.1, 0.15) is 15.7 Å². The van der Waals surface area contributed by atoms with Gasteiger partial charge in [-0.25, -0.2) is 21.8 Å². The zero-order valence-electron chi connectivity index (χ0n) is 11.7. The minimum absolute atomic E-state index is 0.0280. The fraction of sp³-hybridized carbons (Fsp3) is 0.417. The van der Waals surface area contributed by atoms with Crippen LogP contribution in [0.3, 0.4) is 0 Å². The monoisotopic (exact) mass is 331 g/mol. The highest BCUT2D eigenvalue weighted by Crippen LogP contribution is 2.20. The Bertz CT molecular complexity index is 869. The third-order valence-electron chi connectivity index (χ3n) is 3.05. The van der Waals surface area contributed by atoms with Gasteiger partial charge in [-0.2, -0.15) is 0 Å². The van der Waals surface area contributed by atoms with E-state index in [1.807, 2.05) is 0 Å². The van der Waals surface area contributed by atoms with Gasteiger partial charge in [0.25, 0.3) is 0 Å². The molecule has 9 heteroatoms. The molecule has 2 rings (SSSR count). The standard InChI is InChI=1S/C12H17N3O4S2/c1-20(16,17)6-5-9(13)12-14-10-4-3-8(21(2,18)19)7-11(10)15-12/h3-4,7,9H,5-6,13H2,1-2H3,(H,14,15). The molecule has 1 unspecified atom stereocenters. The van der Waals surface area contributed by atoms with Crippen LogP contribution in [0.5, 0.6) is 0 Å². The van der Waals surface area contributed by atoms with E-state index in [4.69, 9.17) is 5.73 Å². The third kappa shape index (κ3) is 4.02. The molecule has 0 aliphatic carbocycles. The predicted octanol–water partition coefficient (Wildman–Crippen LogP) is 0.401. The van der Waals surface area contributed by atoms with Gasteiger partial charge in [-0.15, -0.1) is 0 Å². The van der Waals surface area contributed by atoms with Gasteiger partial charge in [0.15, 0.2) is 9.84 Å². The van der Waals surface area contributed by atoms with Gasteiger partial charge in [0, 0.05) is 12.5 Å². The number of hydrogen-bond donors (Lipinski definition) is 2. The molecule has 1 aromatic heterocycles. The molecule has 7 nitrogen and oxygen atoms in total. The van der Waals surface area contributed by atoms with Crippen molar-refractivity contribution in [3.05, 3.63) is 24.0 Å². The van der Waals surface area contributed by atoms with Crippen molar-refractivity contribution in [1.82, 2.24) is 9.97 Å². The number of aromatic nitrogens is 2. The van der Waals surface area contributed by atoms with E-state index in [0.717, 1.165) is 12.5 Å². The summed E-state index contributed by atoms with van der Waals surface area (Å²) in [4.78, 5) is 7.40. The van der Waals surface area contributed by atoms with Crippen LogP contribution in [0, 0.1) is 0 Å². The second-order valence-corrected chi connectivity index (χ2v) is 9.37. The molecule has 2 aromatic rings. The SMILES string of the molecule is CS(=O)(=O)CCC(N)c1nc2ccc(S(C)(=O)=O)cc2[nH]1. The lowest BCUT2D eigenvalue weighted by Gasteiger charge is -2.06. The number of fused-ring (bicyclic) bond motifs is 1. The molecule has 1 heterocycles. The molecule has 0 amide bonds. The lowest BCUT2D eigenvalue weighted by molar-refractivity contribution is 0.588. The molecule has 1 aromatic carbocycles. The third-order valence-corrected chi connectivity index (χ3v) is 5.14. The first-order valence-corrected chi connectivity index (χ1v) is 10.1. The van der Waals surface area contributed by atoms with Crippen molar-refractivity contribution in [3.8, 4) is 0 Å². The second-order valence-electron chi connectivity index (χ2n) is 5.10. The van der Waals surface area contributed by atoms with Crippen LogP contribution in [0.1, 0.15) is 18.3 Å². The maximum atomic E-state index is 11.5. The average molecular weight is 331 g/mol. The Morgan fingerprint density at radius 1 is 1.24 bits per heavy atom. The Morgan fingerprint density at radius 3 is 2.48 bits per heavy atom. The van der Waals surface area contributed by atoms with E-state index < -0.39 is 25.7 Å². The molecule has 0 bridgehead atoms. The highest BCUT2D eigenvalue weighted by atomic mass is 32.2. The van der Waals surface area contributed by atoms with E-state index in [9.17, 15) is 16.8 Å². The number of nitrogens with one attached hydrogen (secondary N) is 1. The zero-order chi connectivity index (χ0) is 15.8. The van der Waals surface area contributed by atoms with Crippen molar-refractivity contribution >= 4 is 30.7 Å². The van der Waals surface area contributed by atoms with Crippen molar-refractivity contribution in [2.45, 2.75) is 17.4 Å². The number of aromatic amines is 1. The summed E-state index contributed by atoms with van der Waals surface area (Å²) in [7, 11) is -6.38. The number of nitrogens with two attached hydrogens (primary N) is 1. The van der Waals surface area contributed by atoms with Gasteiger partial charge in [0.05, 0.1) is 27.7 Å². The van der Waals surface area contributed by atoms with E-state index in [2.05, 4.69) is 9.97 Å². The second kappa shape index (κ2) is 5.39. The first kappa shape index (κ1) is 15.9. The van der Waals surface area contributed by atoms with Crippen LogP contribution < -0.4 is 5.73 Å². The van der Waals surface area contributed by atoms with E-state index in [-0.39, 0.29) is 17.1 Å². The number of imidazole rings is 1. The van der Waals surface area contributed by atoms with Crippen LogP contribution in [0.15, 0.2) is 23.1 Å². The Labute approximate surface area is 123 Å². The Kier molecular flexibility index (Phi) is 4.09. The smallest absolute Gasteiger partial charge is 0.175 e. The first-order chi connectivity index (χ1) is 9.56. The van der Waals surface area contributed by atoms with Crippen molar-refractivity contribution in [2.75, 3.05) is 18.3 Å². The topological polar surface area (TPSA) is 123 Å². The maximum absolute atomic E-state index is 11.5. The largest absolute Gasteiger partial charge is 0.341 e. The molecule has 1 atom stereocenters. The number of H-pyrrole nitrogens is 1. The lowest BCUT2D eigenvalue weighted by atomic mass is 10.2. The van der Waals surface area contributed by atoms with E-state index >= 15 is 0 Å². The molecular weight excluding hydrogens is 314 g/mol. The summed E-state index contributed by atoms with van der Waals surface area (Å²) < 4.78 is 45.3. The van der Waals surface area contributed by atoms with Crippen LogP contribution in [0.4, 0.5) is 0 Å². The van der Waals surface area contributed by atoms with Gasteiger partial charge in [-0.3, -0.25) is 0 Å². The molecule has 3 N–H and O–H groups in total. The fourth-order valence-electron chi connectivity index (χ4n) is 1.89. The number of benzene rings is 1. The van der Waals surface area contributed by atoms with Crippen LogP contribution in [0.2, 0.25) is 0 Å². The zero-order valence-corrected chi connectivity index (χ0v) is 13.3. The van der Waals surface area contributed by atoms with Gasteiger partial charge < -0.3 is 10.7 Å². The Morgan fingerprint density at radius 2 is 1.90 bits per heavy atom. The summed E-state index contributed by atoms with van der Waals surface area (Å²) in [5.41, 5.74) is 7.06. The summed E-state index contributed by atoms with van der Waals surface area (Å²) in [6.07, 6.45) is 2.53. The van der Waals surface area contributed by atoms with E-state index in [1.54, 1.807) is 6.07 Å². The molecular formula is C12H17N3O4S2. The Hall–Kier alpha value is -1.45. The van der Waals surface area contributed by atoms with Crippen molar-refractivity contribution in [3.63, 3.8) is 0 Å². The van der Waals surface area contributed by atoms with Crippen molar-refractivity contribution in [1.29, 1.82) is 0 Å². The first-order valence-electron chi connectivity index (χ1n) is 6.19. The number of nitrogens with zero attached hydrogens (tertiary/aromatic N) is 1. The molecule has 0 radical (unpaired) electrons. The highest BCUT2D eigenvalue weighted by molar-refractivity contribution is 7.91. The van der Waals surface area contributed by atoms with E-state index in [1.165, 1.54) is 12.1 Å². The predicted molar refractivity (Wildman–Crippen MR) is 80.5 cm³/mol. The minimum Gasteiger partial charge on any atom is -0.341 e. The molecule has 0 saturated heterocycles. The summed E-state index contributed by atoms with van der Waals surface area (Å²) in [5, 5.41) is 0. The Balaban J connectivity index is 2.30. The molecule has 0 aliphatic rings. The molecule has 0 aliphatic heterocycles. The molecule has 21 heavy (non-hydrogen) atoms.